The zero-order valence-corrected chi connectivity index (χ0v) is 24.5. The van der Waals surface area contributed by atoms with Crippen molar-refractivity contribution < 1.29 is 35.2 Å². The number of anilines is 1. The molecular weight excluding hydrogens is 625 g/mol. The summed E-state index contributed by atoms with van der Waals surface area (Å²) in [6.45, 7) is 5.59. The van der Waals surface area contributed by atoms with E-state index in [1.165, 1.54) is 17.0 Å². The van der Waals surface area contributed by atoms with Gasteiger partial charge in [-0.3, -0.25) is 4.79 Å². The molecule has 4 heterocycles. The molecule has 1 fully saturated rings. The Balaban J connectivity index is 1.87. The normalized spacial score (nSPS) is 15.8. The van der Waals surface area contributed by atoms with Gasteiger partial charge in [-0.05, 0) is 50.4 Å². The summed E-state index contributed by atoms with van der Waals surface area (Å²) in [5.74, 6) is -3.27. The lowest BCUT2D eigenvalue weighted by atomic mass is 10.0. The number of aromatic nitrogens is 4. The number of nitrogens with zero attached hydrogens (tertiary/aromatic N) is 6. The number of carbonyl (C=O) groups is 1. The third-order valence-electron chi connectivity index (χ3n) is 7.26. The Labute approximate surface area is 252 Å². The molecule has 236 valence electrons. The number of sulfonamides is 1. The van der Waals surface area contributed by atoms with Crippen LogP contribution in [0.4, 0.5) is 27.8 Å². The van der Waals surface area contributed by atoms with E-state index >= 15 is 8.78 Å². The van der Waals surface area contributed by atoms with E-state index in [0.717, 1.165) is 31.5 Å². The smallest absolute Gasteiger partial charge is 0.350 e. The van der Waals surface area contributed by atoms with Gasteiger partial charge in [0.25, 0.3) is 10.0 Å². The molecule has 17 heteroatoms. The fourth-order valence-electron chi connectivity index (χ4n) is 5.18. The number of halogens is 5. The van der Waals surface area contributed by atoms with Crippen LogP contribution >= 0.6 is 0 Å². The molecule has 1 aliphatic rings. The first kappa shape index (κ1) is 31.6. The third kappa shape index (κ3) is 5.64. The van der Waals surface area contributed by atoms with Gasteiger partial charge in [0.15, 0.2) is 16.5 Å². The first-order chi connectivity index (χ1) is 21.2. The third-order valence-corrected chi connectivity index (χ3v) is 8.62. The minimum Gasteiger partial charge on any atom is -0.350 e. The van der Waals surface area contributed by atoms with Crippen molar-refractivity contribution in [2.45, 2.75) is 24.2 Å². The second-order valence-electron chi connectivity index (χ2n) is 9.97. The number of alkyl halides is 3. The van der Waals surface area contributed by atoms with Crippen LogP contribution in [0.5, 0.6) is 0 Å². The molecule has 1 aliphatic heterocycles. The van der Waals surface area contributed by atoms with Crippen LogP contribution in [0, 0.1) is 11.6 Å². The van der Waals surface area contributed by atoms with Gasteiger partial charge in [0, 0.05) is 31.9 Å². The van der Waals surface area contributed by atoms with Crippen LogP contribution in [-0.2, 0) is 21.0 Å². The Morgan fingerprint density at radius 3 is 2.49 bits per heavy atom. The number of hydrogen-bond acceptors (Lipinski definition) is 8. The van der Waals surface area contributed by atoms with Crippen molar-refractivity contribution in [2.75, 3.05) is 31.6 Å². The van der Waals surface area contributed by atoms with Gasteiger partial charge in [-0.15, -0.1) is 0 Å². The fraction of sp³-hybridized carbons (Fsp3) is 0.250. The zero-order valence-electron chi connectivity index (χ0n) is 23.6. The molecule has 11 nitrogen and oxygen atoms in total. The lowest BCUT2D eigenvalue weighted by Crippen LogP contribution is -2.54. The lowest BCUT2D eigenvalue weighted by molar-refractivity contribution is -0.137. The maximum absolute atomic E-state index is 15.9. The summed E-state index contributed by atoms with van der Waals surface area (Å²) in [7, 11) is -3.24. The summed E-state index contributed by atoms with van der Waals surface area (Å²) < 4.78 is 101. The number of nitrogens with one attached hydrogen (secondary N) is 1. The van der Waals surface area contributed by atoms with Gasteiger partial charge in [-0.2, -0.15) is 18.2 Å². The molecule has 1 amide bonds. The van der Waals surface area contributed by atoms with Crippen molar-refractivity contribution in [3.05, 3.63) is 82.9 Å². The van der Waals surface area contributed by atoms with Crippen LogP contribution in [0.2, 0.25) is 0 Å². The number of amides is 1. The molecule has 5 rings (SSSR count). The topological polar surface area (TPSA) is 130 Å². The van der Waals surface area contributed by atoms with E-state index in [-0.39, 0.29) is 36.7 Å². The quantitative estimate of drug-likeness (QED) is 0.249. The van der Waals surface area contributed by atoms with E-state index in [9.17, 15) is 31.2 Å². The molecule has 1 N–H and O–H groups in total. The van der Waals surface area contributed by atoms with Crippen molar-refractivity contribution in [2.24, 2.45) is 0 Å². The molecular formula is C28H24F5N7O4S. The maximum Gasteiger partial charge on any atom is 0.417 e. The minimum absolute atomic E-state index is 0.105. The van der Waals surface area contributed by atoms with Crippen LogP contribution in [0.15, 0.2) is 65.1 Å². The lowest BCUT2D eigenvalue weighted by Gasteiger charge is -2.40. The molecule has 0 aliphatic carbocycles. The summed E-state index contributed by atoms with van der Waals surface area (Å²) in [5.41, 5.74) is -5.85. The largest absolute Gasteiger partial charge is 0.417 e. The van der Waals surface area contributed by atoms with Crippen molar-refractivity contribution in [3.8, 4) is 16.9 Å². The number of rotatable bonds is 6. The van der Waals surface area contributed by atoms with Gasteiger partial charge in [-0.1, -0.05) is 12.6 Å². The van der Waals surface area contributed by atoms with E-state index in [1.807, 2.05) is 0 Å². The molecule has 0 bridgehead atoms. The summed E-state index contributed by atoms with van der Waals surface area (Å²) >= 11 is 0. The van der Waals surface area contributed by atoms with Crippen molar-refractivity contribution >= 4 is 32.8 Å². The van der Waals surface area contributed by atoms with Crippen LogP contribution < -0.4 is 15.3 Å². The highest BCUT2D eigenvalue weighted by molar-refractivity contribution is 7.89. The second kappa shape index (κ2) is 11.6. The fourth-order valence-corrected chi connectivity index (χ4v) is 6.00. The van der Waals surface area contributed by atoms with Gasteiger partial charge >= 0.3 is 11.9 Å². The standard InChI is InChI=1S/C28H24F5N7O4S/c1-4-21(41)38-11-12-39(15(2)14-38)24-16-13-19(30)23(22-17(28(31,32)33)7-5-8-18(22)29)36-25(16)40(27(42)37-24)20-9-6-10-35-26(20)45(43,44)34-3/h4-10,13,15,34H,1,11-12,14H2,2-3H3/t15-/m0/s1. The average Bonchev–Trinajstić information content (AvgIpc) is 3.00. The molecule has 0 unspecified atom stereocenters. The van der Waals surface area contributed by atoms with E-state index in [1.54, 1.807) is 11.8 Å². The highest BCUT2D eigenvalue weighted by Gasteiger charge is 2.37. The zero-order chi connectivity index (χ0) is 32.8. The van der Waals surface area contributed by atoms with E-state index < -0.39 is 72.7 Å². The molecule has 1 aromatic carbocycles. The second-order valence-corrected chi connectivity index (χ2v) is 11.8. The highest BCUT2D eigenvalue weighted by atomic mass is 32.2. The van der Waals surface area contributed by atoms with Gasteiger partial charge in [-0.25, -0.2) is 41.3 Å². The minimum atomic E-state index is -5.11. The number of hydrogen-bond donors (Lipinski definition) is 1. The predicted octanol–water partition coefficient (Wildman–Crippen LogP) is 3.27. The van der Waals surface area contributed by atoms with Crippen molar-refractivity contribution in [1.82, 2.24) is 29.1 Å². The van der Waals surface area contributed by atoms with Crippen LogP contribution in [0.3, 0.4) is 0 Å². The van der Waals surface area contributed by atoms with Crippen LogP contribution in [0.1, 0.15) is 12.5 Å². The Hall–Kier alpha value is -4.77. The summed E-state index contributed by atoms with van der Waals surface area (Å²) in [5, 5.41) is -0.863. The molecule has 0 radical (unpaired) electrons. The van der Waals surface area contributed by atoms with Crippen molar-refractivity contribution in [3.63, 3.8) is 0 Å². The van der Waals surface area contributed by atoms with Gasteiger partial charge < -0.3 is 9.80 Å². The molecule has 3 aromatic heterocycles. The van der Waals surface area contributed by atoms with Crippen molar-refractivity contribution in [1.29, 1.82) is 0 Å². The molecule has 45 heavy (non-hydrogen) atoms. The number of carbonyl (C=O) groups excluding carboxylic acids is 1. The van der Waals surface area contributed by atoms with Gasteiger partial charge in [0.1, 0.15) is 17.3 Å². The molecule has 1 atom stereocenters. The van der Waals surface area contributed by atoms with E-state index in [2.05, 4.69) is 26.3 Å². The Bertz CT molecular complexity index is 2020. The molecule has 1 saturated heterocycles. The molecule has 4 aromatic rings. The first-order valence-corrected chi connectivity index (χ1v) is 14.7. The average molecular weight is 650 g/mol. The van der Waals surface area contributed by atoms with Gasteiger partial charge in [0.2, 0.25) is 5.91 Å². The number of benzene rings is 1. The van der Waals surface area contributed by atoms with Crippen LogP contribution in [0.25, 0.3) is 28.0 Å². The summed E-state index contributed by atoms with van der Waals surface area (Å²) in [6, 6.07) is 4.79. The monoisotopic (exact) mass is 649 g/mol. The number of piperazine rings is 1. The molecule has 0 saturated carbocycles. The Morgan fingerprint density at radius 2 is 1.84 bits per heavy atom. The molecule has 0 spiro atoms. The SMILES string of the molecule is C=CC(=O)N1CCN(c2nc(=O)n(-c3cccnc3S(=O)(=O)NC)c3nc(-c4c(F)cccc4C(F)(F)F)c(F)cc23)[C@@H](C)C1. The van der Waals surface area contributed by atoms with Gasteiger partial charge in [0.05, 0.1) is 22.2 Å². The van der Waals surface area contributed by atoms with E-state index in [0.29, 0.717) is 16.7 Å². The number of pyridine rings is 2. The Kier molecular flexibility index (Phi) is 8.18. The van der Waals surface area contributed by atoms with E-state index in [4.69, 9.17) is 0 Å². The van der Waals surface area contributed by atoms with Crippen LogP contribution in [-0.4, -0.2) is 71.5 Å². The summed E-state index contributed by atoms with van der Waals surface area (Å²) in [4.78, 5) is 41.0. The number of fused-ring (bicyclic) bond motifs is 1. The predicted molar refractivity (Wildman–Crippen MR) is 153 cm³/mol. The Morgan fingerprint density at radius 1 is 1.11 bits per heavy atom. The highest BCUT2D eigenvalue weighted by Crippen LogP contribution is 2.40. The summed E-state index contributed by atoms with van der Waals surface area (Å²) in [6.07, 6.45) is -2.85. The first-order valence-electron chi connectivity index (χ1n) is 13.3. The maximum atomic E-state index is 15.9.